The molecule has 0 aliphatic carbocycles. The molecule has 0 radical (unpaired) electrons. The molecule has 2 aromatic heterocycles. The van der Waals surface area contributed by atoms with Crippen LogP contribution in [0.15, 0.2) is 30.3 Å². The lowest BCUT2D eigenvalue weighted by molar-refractivity contribution is 0.0943. The number of ketones is 1. The van der Waals surface area contributed by atoms with Crippen LogP contribution in [0, 0.1) is 13.8 Å². The van der Waals surface area contributed by atoms with E-state index in [1.807, 2.05) is 19.9 Å². The average molecular weight is 408 g/mol. The maximum Gasteiger partial charge on any atom is 0.248 e. The number of hydrogen-bond acceptors (Lipinski definition) is 6. The molecule has 1 aromatic carbocycles. The molecule has 3 aromatic rings. The number of ether oxygens (including phenoxy) is 1. The van der Waals surface area contributed by atoms with Crippen LogP contribution in [0.1, 0.15) is 44.9 Å². The van der Waals surface area contributed by atoms with Crippen LogP contribution in [-0.4, -0.2) is 49.2 Å². The molecule has 1 aliphatic rings. The molecule has 0 saturated carbocycles. The SMILES string of the molecule is Cc1cc(C(=O)Cn2nnc(-c3ccc(C(N)=O)cc3)n2)c(C)n1C[C@@H]1CCCO1. The van der Waals surface area contributed by atoms with E-state index in [-0.39, 0.29) is 18.4 Å². The van der Waals surface area contributed by atoms with Crippen LogP contribution < -0.4 is 5.73 Å². The number of nitrogens with two attached hydrogens (primary N) is 1. The van der Waals surface area contributed by atoms with Crippen molar-refractivity contribution in [3.63, 3.8) is 0 Å². The first-order valence-corrected chi connectivity index (χ1v) is 9.92. The van der Waals surface area contributed by atoms with E-state index in [1.165, 1.54) is 4.80 Å². The summed E-state index contributed by atoms with van der Waals surface area (Å²) in [6, 6.07) is 8.51. The van der Waals surface area contributed by atoms with Crippen LogP contribution in [0.25, 0.3) is 11.4 Å². The Bertz CT molecular complexity index is 1080. The minimum atomic E-state index is -0.499. The van der Waals surface area contributed by atoms with Gasteiger partial charge in [-0.1, -0.05) is 12.1 Å². The first-order chi connectivity index (χ1) is 14.4. The fourth-order valence-electron chi connectivity index (χ4n) is 3.78. The van der Waals surface area contributed by atoms with Gasteiger partial charge in [0.05, 0.1) is 6.10 Å². The predicted molar refractivity (Wildman–Crippen MR) is 109 cm³/mol. The molecule has 1 amide bonds. The highest BCUT2D eigenvalue weighted by Crippen LogP contribution is 2.21. The van der Waals surface area contributed by atoms with E-state index in [1.54, 1.807) is 24.3 Å². The smallest absolute Gasteiger partial charge is 0.248 e. The van der Waals surface area contributed by atoms with E-state index in [9.17, 15) is 9.59 Å². The van der Waals surface area contributed by atoms with Crippen molar-refractivity contribution in [2.24, 2.45) is 5.73 Å². The molecular formula is C21H24N6O3. The lowest BCUT2D eigenvalue weighted by Crippen LogP contribution is -2.18. The third-order valence-corrected chi connectivity index (χ3v) is 5.45. The maximum absolute atomic E-state index is 12.9. The van der Waals surface area contributed by atoms with Crippen molar-refractivity contribution in [3.05, 3.63) is 52.8 Å². The number of aromatic nitrogens is 5. The summed E-state index contributed by atoms with van der Waals surface area (Å²) in [5.41, 5.74) is 8.97. The second-order valence-electron chi connectivity index (χ2n) is 7.54. The summed E-state index contributed by atoms with van der Waals surface area (Å²) in [4.78, 5) is 25.3. The van der Waals surface area contributed by atoms with E-state index in [4.69, 9.17) is 10.5 Å². The summed E-state index contributed by atoms with van der Waals surface area (Å²) in [6.07, 6.45) is 2.34. The van der Waals surface area contributed by atoms with Gasteiger partial charge in [-0.05, 0) is 50.1 Å². The number of carbonyl (C=O) groups is 2. The van der Waals surface area contributed by atoms with Crippen molar-refractivity contribution in [1.29, 1.82) is 0 Å². The summed E-state index contributed by atoms with van der Waals surface area (Å²) in [5, 5.41) is 12.3. The summed E-state index contributed by atoms with van der Waals surface area (Å²) in [6.45, 7) is 5.52. The Morgan fingerprint density at radius 1 is 1.23 bits per heavy atom. The van der Waals surface area contributed by atoms with Gasteiger partial charge in [0, 0.05) is 41.2 Å². The van der Waals surface area contributed by atoms with Crippen molar-refractivity contribution in [1.82, 2.24) is 24.8 Å². The zero-order chi connectivity index (χ0) is 21.3. The van der Waals surface area contributed by atoms with Gasteiger partial charge in [-0.3, -0.25) is 9.59 Å². The van der Waals surface area contributed by atoms with Crippen molar-refractivity contribution in [2.45, 2.75) is 45.9 Å². The molecule has 3 heterocycles. The second-order valence-corrected chi connectivity index (χ2v) is 7.54. The number of carbonyl (C=O) groups excluding carboxylic acids is 2. The molecule has 0 unspecified atom stereocenters. The highest BCUT2D eigenvalue weighted by molar-refractivity contribution is 5.97. The van der Waals surface area contributed by atoms with Crippen molar-refractivity contribution in [2.75, 3.05) is 6.61 Å². The van der Waals surface area contributed by atoms with Gasteiger partial charge in [-0.2, -0.15) is 4.80 Å². The normalized spacial score (nSPS) is 16.1. The van der Waals surface area contributed by atoms with Gasteiger partial charge >= 0.3 is 0 Å². The molecule has 9 heteroatoms. The van der Waals surface area contributed by atoms with E-state index < -0.39 is 5.91 Å². The quantitative estimate of drug-likeness (QED) is 0.597. The Labute approximate surface area is 173 Å². The fourth-order valence-corrected chi connectivity index (χ4v) is 3.78. The van der Waals surface area contributed by atoms with Crippen LogP contribution in [0.5, 0.6) is 0 Å². The number of aryl methyl sites for hydroxylation is 1. The average Bonchev–Trinajstić information content (AvgIpc) is 3.46. The Balaban J connectivity index is 1.47. The fraction of sp³-hybridized carbons (Fsp3) is 0.381. The van der Waals surface area contributed by atoms with Gasteiger partial charge in [0.2, 0.25) is 11.7 Å². The highest BCUT2D eigenvalue weighted by atomic mass is 16.5. The molecule has 2 N–H and O–H groups in total. The molecule has 9 nitrogen and oxygen atoms in total. The number of tetrazole rings is 1. The second kappa shape index (κ2) is 8.19. The Hall–Kier alpha value is -3.33. The first kappa shape index (κ1) is 20.0. The number of amides is 1. The third-order valence-electron chi connectivity index (χ3n) is 5.45. The predicted octanol–water partition coefficient (Wildman–Crippen LogP) is 1.92. The van der Waals surface area contributed by atoms with Gasteiger partial charge in [0.15, 0.2) is 5.78 Å². The zero-order valence-electron chi connectivity index (χ0n) is 17.0. The van der Waals surface area contributed by atoms with Crippen molar-refractivity contribution < 1.29 is 14.3 Å². The standard InChI is InChI=1S/C21H24N6O3/c1-13-10-18(14(2)26(13)11-17-4-3-9-30-17)19(28)12-27-24-21(23-25-27)16-7-5-15(6-8-16)20(22)29/h5-8,10,17H,3-4,9,11-12H2,1-2H3,(H2,22,29)/t17-/m0/s1. The highest BCUT2D eigenvalue weighted by Gasteiger charge is 2.21. The number of primary amides is 1. The number of Topliss-reactive ketones (excluding diaryl/α,β-unsaturated/α-hetero) is 1. The van der Waals surface area contributed by atoms with E-state index in [2.05, 4.69) is 20.0 Å². The zero-order valence-corrected chi connectivity index (χ0v) is 17.0. The monoisotopic (exact) mass is 408 g/mol. The van der Waals surface area contributed by atoms with Gasteiger partial charge in [-0.15, -0.1) is 10.2 Å². The molecule has 4 rings (SSSR count). The topological polar surface area (TPSA) is 118 Å². The summed E-state index contributed by atoms with van der Waals surface area (Å²) >= 11 is 0. The Morgan fingerprint density at radius 3 is 2.67 bits per heavy atom. The first-order valence-electron chi connectivity index (χ1n) is 9.92. The van der Waals surface area contributed by atoms with E-state index >= 15 is 0 Å². The van der Waals surface area contributed by atoms with Crippen LogP contribution in [0.2, 0.25) is 0 Å². The molecular weight excluding hydrogens is 384 g/mol. The number of rotatable bonds is 7. The summed E-state index contributed by atoms with van der Waals surface area (Å²) in [5.74, 6) is -0.196. The van der Waals surface area contributed by atoms with E-state index in [0.717, 1.165) is 37.4 Å². The van der Waals surface area contributed by atoms with E-state index in [0.29, 0.717) is 22.5 Å². The maximum atomic E-state index is 12.9. The van der Waals surface area contributed by atoms with Gasteiger partial charge in [-0.25, -0.2) is 0 Å². The van der Waals surface area contributed by atoms with Gasteiger partial charge in [0.1, 0.15) is 6.54 Å². The van der Waals surface area contributed by atoms with Gasteiger partial charge < -0.3 is 15.0 Å². The molecule has 0 spiro atoms. The minimum absolute atomic E-state index is 0.00338. The van der Waals surface area contributed by atoms with Crippen LogP contribution >= 0.6 is 0 Å². The molecule has 156 valence electrons. The lowest BCUT2D eigenvalue weighted by atomic mass is 10.1. The van der Waals surface area contributed by atoms with Crippen molar-refractivity contribution in [3.8, 4) is 11.4 Å². The lowest BCUT2D eigenvalue weighted by Gasteiger charge is -2.14. The molecule has 1 saturated heterocycles. The minimum Gasteiger partial charge on any atom is -0.376 e. The molecule has 1 fully saturated rings. The summed E-state index contributed by atoms with van der Waals surface area (Å²) in [7, 11) is 0. The molecule has 0 bridgehead atoms. The molecule has 30 heavy (non-hydrogen) atoms. The summed E-state index contributed by atoms with van der Waals surface area (Å²) < 4.78 is 7.88. The van der Waals surface area contributed by atoms with Crippen LogP contribution in [0.4, 0.5) is 0 Å². The number of hydrogen-bond donors (Lipinski definition) is 1. The van der Waals surface area contributed by atoms with Crippen LogP contribution in [-0.2, 0) is 17.8 Å². The van der Waals surface area contributed by atoms with Gasteiger partial charge in [0.25, 0.3) is 0 Å². The Kier molecular flexibility index (Phi) is 5.45. The van der Waals surface area contributed by atoms with Crippen molar-refractivity contribution >= 4 is 11.7 Å². The van der Waals surface area contributed by atoms with Crippen LogP contribution in [0.3, 0.4) is 0 Å². The number of benzene rings is 1. The largest absolute Gasteiger partial charge is 0.376 e. The Morgan fingerprint density at radius 2 is 2.00 bits per heavy atom. The molecule has 1 aliphatic heterocycles. The third kappa shape index (κ3) is 4.02. The number of nitrogens with zero attached hydrogens (tertiary/aromatic N) is 5. The molecule has 1 atom stereocenters.